The summed E-state index contributed by atoms with van der Waals surface area (Å²) in [4.78, 5) is 19.8. The molecule has 1 fully saturated rings. The summed E-state index contributed by atoms with van der Waals surface area (Å²) in [5.74, 6) is 0.112. The number of carbonyl (C=O) groups excluding carboxylic acids is 1. The summed E-state index contributed by atoms with van der Waals surface area (Å²) >= 11 is 0. The topological polar surface area (TPSA) is 60.3 Å². The van der Waals surface area contributed by atoms with Crippen LogP contribution in [0.5, 0.6) is 0 Å². The quantitative estimate of drug-likeness (QED) is 0.195. The van der Waals surface area contributed by atoms with Gasteiger partial charge in [-0.05, 0) is 60.2 Å². The molecule has 1 amide bonds. The van der Waals surface area contributed by atoms with Gasteiger partial charge >= 0.3 is 0 Å². The molecule has 3 heterocycles. The van der Waals surface area contributed by atoms with Crippen molar-refractivity contribution in [2.24, 2.45) is 0 Å². The number of aromatic nitrogens is 3. The zero-order valence-corrected chi connectivity index (χ0v) is 23.1. The summed E-state index contributed by atoms with van der Waals surface area (Å²) in [6.07, 6.45) is 9.02. The van der Waals surface area contributed by atoms with Crippen LogP contribution in [0, 0.1) is 0 Å². The van der Waals surface area contributed by atoms with Gasteiger partial charge in [0.05, 0.1) is 17.3 Å². The van der Waals surface area contributed by atoms with Crippen LogP contribution in [0.4, 0.5) is 0 Å². The lowest BCUT2D eigenvalue weighted by Gasteiger charge is -2.27. The highest BCUT2D eigenvalue weighted by Gasteiger charge is 2.20. The maximum absolute atomic E-state index is 13.3. The molecule has 37 heavy (non-hydrogen) atoms. The van der Waals surface area contributed by atoms with Crippen molar-refractivity contribution >= 4 is 24.9 Å². The Kier molecular flexibility index (Phi) is 7.53. The number of rotatable bonds is 8. The summed E-state index contributed by atoms with van der Waals surface area (Å²) in [5.41, 5.74) is 5.95. The van der Waals surface area contributed by atoms with E-state index in [9.17, 15) is 4.79 Å². The predicted molar refractivity (Wildman–Crippen MR) is 152 cm³/mol. The normalized spacial score (nSPS) is 14.3. The van der Waals surface area contributed by atoms with Gasteiger partial charge in [-0.2, -0.15) is 5.10 Å². The lowest BCUT2D eigenvalue weighted by atomic mass is 9.98. The number of likely N-dealkylation sites (tertiary alicyclic amines) is 1. The summed E-state index contributed by atoms with van der Waals surface area (Å²) < 4.78 is 7.68. The monoisotopic (exact) mass is 512 g/mol. The Labute approximate surface area is 220 Å². The van der Waals surface area contributed by atoms with E-state index in [1.54, 1.807) is 6.20 Å². The zero-order valence-electron chi connectivity index (χ0n) is 22.1. The van der Waals surface area contributed by atoms with Gasteiger partial charge in [0.15, 0.2) is 0 Å². The van der Waals surface area contributed by atoms with Crippen molar-refractivity contribution in [1.82, 2.24) is 19.7 Å². The van der Waals surface area contributed by atoms with Gasteiger partial charge in [0.1, 0.15) is 6.73 Å². The van der Waals surface area contributed by atoms with Crippen LogP contribution in [-0.4, -0.2) is 53.3 Å². The van der Waals surface area contributed by atoms with Crippen LogP contribution in [0.15, 0.2) is 67.1 Å². The van der Waals surface area contributed by atoms with E-state index in [0.29, 0.717) is 6.73 Å². The Hall–Kier alpha value is -3.29. The fourth-order valence-corrected chi connectivity index (χ4v) is 5.51. The van der Waals surface area contributed by atoms with Crippen LogP contribution in [0.1, 0.15) is 29.6 Å². The lowest BCUT2D eigenvalue weighted by Crippen LogP contribution is -2.35. The third kappa shape index (κ3) is 6.17. The standard InChI is InChI=1S/C30H36N4O2Si/c1-37(2,3)18-17-36-22-34-21-26(20-32-34)24-9-7-23(8-10-24)25-11-12-29-28(19-25)27(13-14-31-29)30(35)33-15-5-4-6-16-33/h7-14,19-21H,4-6,15-18,22H2,1-3H3. The first-order valence-electron chi connectivity index (χ1n) is 13.3. The Morgan fingerprint density at radius 3 is 2.35 bits per heavy atom. The summed E-state index contributed by atoms with van der Waals surface area (Å²) in [6.45, 7) is 10.0. The Balaban J connectivity index is 1.31. The van der Waals surface area contributed by atoms with Crippen molar-refractivity contribution in [2.45, 2.75) is 51.7 Å². The molecule has 2 aromatic carbocycles. The molecule has 0 bridgehead atoms. The second-order valence-electron chi connectivity index (χ2n) is 11.1. The number of ether oxygens (including phenoxy) is 1. The molecule has 6 nitrogen and oxygen atoms in total. The van der Waals surface area contributed by atoms with E-state index < -0.39 is 8.07 Å². The highest BCUT2D eigenvalue weighted by atomic mass is 28.3. The van der Waals surface area contributed by atoms with Crippen LogP contribution in [0.3, 0.4) is 0 Å². The van der Waals surface area contributed by atoms with E-state index in [1.165, 1.54) is 6.42 Å². The van der Waals surface area contributed by atoms with Crippen LogP contribution < -0.4 is 0 Å². The van der Waals surface area contributed by atoms with Crippen molar-refractivity contribution in [3.63, 3.8) is 0 Å². The van der Waals surface area contributed by atoms with Crippen molar-refractivity contribution in [3.8, 4) is 22.3 Å². The molecular weight excluding hydrogens is 476 g/mol. The lowest BCUT2D eigenvalue weighted by molar-refractivity contribution is 0.0726. The number of hydrogen-bond acceptors (Lipinski definition) is 4. The molecule has 0 unspecified atom stereocenters. The van der Waals surface area contributed by atoms with Crippen molar-refractivity contribution in [1.29, 1.82) is 0 Å². The van der Waals surface area contributed by atoms with E-state index in [0.717, 1.165) is 77.3 Å². The minimum Gasteiger partial charge on any atom is -0.360 e. The minimum absolute atomic E-state index is 0.112. The summed E-state index contributed by atoms with van der Waals surface area (Å²) in [7, 11) is -1.09. The second kappa shape index (κ2) is 11.0. The maximum Gasteiger partial charge on any atom is 0.254 e. The van der Waals surface area contributed by atoms with E-state index in [2.05, 4.69) is 66.1 Å². The molecule has 0 saturated carbocycles. The Morgan fingerprint density at radius 1 is 0.919 bits per heavy atom. The van der Waals surface area contributed by atoms with Crippen LogP contribution in [0.2, 0.25) is 25.7 Å². The first-order chi connectivity index (χ1) is 17.9. The number of fused-ring (bicyclic) bond motifs is 1. The minimum atomic E-state index is -1.09. The van der Waals surface area contributed by atoms with Crippen molar-refractivity contribution in [3.05, 3.63) is 72.7 Å². The van der Waals surface area contributed by atoms with Gasteiger partial charge in [-0.1, -0.05) is 50.0 Å². The Morgan fingerprint density at radius 2 is 1.62 bits per heavy atom. The van der Waals surface area contributed by atoms with Gasteiger partial charge < -0.3 is 9.64 Å². The van der Waals surface area contributed by atoms with Crippen molar-refractivity contribution < 1.29 is 9.53 Å². The molecule has 0 atom stereocenters. The average molecular weight is 513 g/mol. The molecule has 1 aliphatic rings. The summed E-state index contributed by atoms with van der Waals surface area (Å²) in [5, 5.41) is 5.38. The molecule has 1 aliphatic heterocycles. The molecule has 192 valence electrons. The highest BCUT2D eigenvalue weighted by Crippen LogP contribution is 2.29. The van der Waals surface area contributed by atoms with E-state index in [-0.39, 0.29) is 5.91 Å². The number of benzene rings is 2. The van der Waals surface area contributed by atoms with E-state index in [4.69, 9.17) is 4.74 Å². The third-order valence-electron chi connectivity index (χ3n) is 7.02. The maximum atomic E-state index is 13.3. The van der Waals surface area contributed by atoms with Crippen LogP contribution in [-0.2, 0) is 11.5 Å². The number of nitrogens with zero attached hydrogens (tertiary/aromatic N) is 4. The number of piperidine rings is 1. The van der Waals surface area contributed by atoms with Gasteiger partial charge in [-0.25, -0.2) is 4.68 Å². The van der Waals surface area contributed by atoms with Gasteiger partial charge in [0.2, 0.25) is 0 Å². The fourth-order valence-electron chi connectivity index (χ4n) is 4.75. The number of pyridine rings is 1. The van der Waals surface area contributed by atoms with Gasteiger partial charge in [-0.15, -0.1) is 0 Å². The average Bonchev–Trinajstić information content (AvgIpc) is 3.39. The van der Waals surface area contributed by atoms with E-state index in [1.807, 2.05) is 34.1 Å². The molecule has 0 spiro atoms. The largest absolute Gasteiger partial charge is 0.360 e. The highest BCUT2D eigenvalue weighted by molar-refractivity contribution is 6.76. The van der Waals surface area contributed by atoms with Gasteiger partial charge in [0, 0.05) is 51.1 Å². The number of carbonyl (C=O) groups is 1. The van der Waals surface area contributed by atoms with Gasteiger partial charge in [-0.3, -0.25) is 9.78 Å². The first kappa shape index (κ1) is 25.4. The third-order valence-corrected chi connectivity index (χ3v) is 8.72. The second-order valence-corrected chi connectivity index (χ2v) is 16.8. The molecule has 5 rings (SSSR count). The van der Waals surface area contributed by atoms with Crippen molar-refractivity contribution in [2.75, 3.05) is 19.7 Å². The number of hydrogen-bond donors (Lipinski definition) is 0. The first-order valence-corrected chi connectivity index (χ1v) is 17.0. The van der Waals surface area contributed by atoms with E-state index >= 15 is 0 Å². The molecule has 0 N–H and O–H groups in total. The molecule has 2 aromatic heterocycles. The molecular formula is C30H36N4O2Si. The molecule has 4 aromatic rings. The summed E-state index contributed by atoms with van der Waals surface area (Å²) in [6, 6.07) is 17.7. The number of amides is 1. The molecule has 0 aliphatic carbocycles. The predicted octanol–water partition coefficient (Wildman–Crippen LogP) is 6.70. The van der Waals surface area contributed by atoms with Gasteiger partial charge in [0.25, 0.3) is 5.91 Å². The zero-order chi connectivity index (χ0) is 25.8. The SMILES string of the molecule is C[Si](C)(C)CCOCn1cc(-c2ccc(-c3ccc4nccc(C(=O)N5CCCCC5)c4c3)cc2)cn1. The Bertz CT molecular complexity index is 1370. The molecule has 7 heteroatoms. The van der Waals surface area contributed by atoms with Crippen LogP contribution >= 0.6 is 0 Å². The smallest absolute Gasteiger partial charge is 0.254 e. The fraction of sp³-hybridized carbons (Fsp3) is 0.367. The molecule has 1 saturated heterocycles. The molecule has 0 radical (unpaired) electrons. The van der Waals surface area contributed by atoms with Crippen LogP contribution in [0.25, 0.3) is 33.2 Å².